The van der Waals surface area contributed by atoms with E-state index in [1.54, 1.807) is 12.1 Å². The third-order valence-electron chi connectivity index (χ3n) is 4.02. The van der Waals surface area contributed by atoms with Crippen molar-refractivity contribution in [3.63, 3.8) is 0 Å². The van der Waals surface area contributed by atoms with Gasteiger partial charge in [-0.1, -0.05) is 0 Å². The maximum atomic E-state index is 12.9. The Labute approximate surface area is 131 Å². The van der Waals surface area contributed by atoms with Crippen LogP contribution in [-0.2, 0) is 0 Å². The van der Waals surface area contributed by atoms with Crippen molar-refractivity contribution in [3.05, 3.63) is 58.9 Å². The maximum Gasteiger partial charge on any atom is 0.251 e. The standard InChI is InChI=1S/C17H12FNO4/c18-10-3-1-9(2-4-10)17(21)19-13-7-14(20)12-6-16-15(5-11(12)13)22-8-23-16/h1-6,13H,7-8H2,(H,19,21)/t13-/m1/s1. The molecule has 1 heterocycles. The lowest BCUT2D eigenvalue weighted by molar-refractivity contribution is 0.0925. The summed E-state index contributed by atoms with van der Waals surface area (Å²) in [5.74, 6) is 0.300. The van der Waals surface area contributed by atoms with Crippen molar-refractivity contribution < 1.29 is 23.5 Å². The predicted molar refractivity (Wildman–Crippen MR) is 78.1 cm³/mol. The number of fused-ring (bicyclic) bond motifs is 2. The Bertz CT molecular complexity index is 816. The number of benzene rings is 2. The van der Waals surface area contributed by atoms with Gasteiger partial charge in [0.1, 0.15) is 5.82 Å². The third kappa shape index (κ3) is 2.32. The lowest BCUT2D eigenvalue weighted by Crippen LogP contribution is -2.27. The number of hydrogen-bond acceptors (Lipinski definition) is 4. The summed E-state index contributed by atoms with van der Waals surface area (Å²) >= 11 is 0. The molecule has 0 fully saturated rings. The average Bonchev–Trinajstić information content (AvgIpc) is 3.11. The Morgan fingerprint density at radius 3 is 2.57 bits per heavy atom. The molecule has 1 aliphatic heterocycles. The van der Waals surface area contributed by atoms with Gasteiger partial charge in [-0.25, -0.2) is 4.39 Å². The van der Waals surface area contributed by atoms with Gasteiger partial charge >= 0.3 is 0 Å². The van der Waals surface area contributed by atoms with Crippen molar-refractivity contribution in [3.8, 4) is 11.5 Å². The van der Waals surface area contributed by atoms with Crippen molar-refractivity contribution in [2.75, 3.05) is 6.79 Å². The van der Waals surface area contributed by atoms with Crippen LogP contribution in [0.1, 0.15) is 38.7 Å². The lowest BCUT2D eigenvalue weighted by Gasteiger charge is -2.14. The van der Waals surface area contributed by atoms with Crippen LogP contribution in [0, 0.1) is 5.82 Å². The molecule has 0 aromatic heterocycles. The summed E-state index contributed by atoms with van der Waals surface area (Å²) in [7, 11) is 0. The summed E-state index contributed by atoms with van der Waals surface area (Å²) in [6, 6.07) is 8.22. The molecule has 23 heavy (non-hydrogen) atoms. The fraction of sp³-hybridized carbons (Fsp3) is 0.176. The van der Waals surface area contributed by atoms with E-state index >= 15 is 0 Å². The molecule has 0 spiro atoms. The minimum absolute atomic E-state index is 0.0530. The van der Waals surface area contributed by atoms with Crippen LogP contribution < -0.4 is 14.8 Å². The molecule has 0 unspecified atom stereocenters. The van der Waals surface area contributed by atoms with Gasteiger partial charge in [-0.2, -0.15) is 0 Å². The summed E-state index contributed by atoms with van der Waals surface area (Å²) < 4.78 is 23.5. The molecular formula is C17H12FNO4. The van der Waals surface area contributed by atoms with E-state index < -0.39 is 11.9 Å². The fourth-order valence-corrected chi connectivity index (χ4v) is 2.86. The number of hydrogen-bond donors (Lipinski definition) is 1. The highest BCUT2D eigenvalue weighted by Crippen LogP contribution is 2.41. The van der Waals surface area contributed by atoms with E-state index in [0.29, 0.717) is 22.6 Å². The van der Waals surface area contributed by atoms with Crippen LogP contribution >= 0.6 is 0 Å². The molecule has 6 heteroatoms. The highest BCUT2D eigenvalue weighted by Gasteiger charge is 2.33. The first-order valence-corrected chi connectivity index (χ1v) is 7.15. The fourth-order valence-electron chi connectivity index (χ4n) is 2.86. The second-order valence-electron chi connectivity index (χ2n) is 5.45. The van der Waals surface area contributed by atoms with Gasteiger partial charge in [-0.15, -0.1) is 0 Å². The molecule has 1 atom stereocenters. The Morgan fingerprint density at radius 1 is 1.13 bits per heavy atom. The van der Waals surface area contributed by atoms with Crippen molar-refractivity contribution in [2.45, 2.75) is 12.5 Å². The molecule has 0 saturated carbocycles. The van der Waals surface area contributed by atoms with Crippen LogP contribution in [-0.4, -0.2) is 18.5 Å². The van der Waals surface area contributed by atoms with Gasteiger partial charge in [0.05, 0.1) is 6.04 Å². The van der Waals surface area contributed by atoms with Crippen LogP contribution in [0.5, 0.6) is 11.5 Å². The van der Waals surface area contributed by atoms with Gasteiger partial charge < -0.3 is 14.8 Å². The van der Waals surface area contributed by atoms with Gasteiger partial charge in [0, 0.05) is 17.5 Å². The largest absolute Gasteiger partial charge is 0.454 e. The van der Waals surface area contributed by atoms with E-state index in [1.165, 1.54) is 24.3 Å². The molecule has 2 aromatic carbocycles. The SMILES string of the molecule is O=C(N[C@@H]1CC(=O)c2cc3c(cc21)OCO3)c1ccc(F)cc1. The zero-order valence-electron chi connectivity index (χ0n) is 12.0. The van der Waals surface area contributed by atoms with Crippen molar-refractivity contribution in [1.82, 2.24) is 5.32 Å². The van der Waals surface area contributed by atoms with E-state index in [9.17, 15) is 14.0 Å². The zero-order chi connectivity index (χ0) is 16.0. The quantitative estimate of drug-likeness (QED) is 0.925. The molecule has 1 N–H and O–H groups in total. The minimum atomic E-state index is -0.426. The van der Waals surface area contributed by atoms with Gasteiger partial charge in [0.15, 0.2) is 17.3 Å². The van der Waals surface area contributed by atoms with Crippen LogP contribution in [0.3, 0.4) is 0 Å². The Kier molecular flexibility index (Phi) is 3.04. The highest BCUT2D eigenvalue weighted by molar-refractivity contribution is 6.03. The average molecular weight is 313 g/mol. The third-order valence-corrected chi connectivity index (χ3v) is 4.02. The molecule has 2 aromatic rings. The Morgan fingerprint density at radius 2 is 1.83 bits per heavy atom. The molecule has 0 bridgehead atoms. The van der Waals surface area contributed by atoms with E-state index in [1.807, 2.05) is 0 Å². The first-order valence-electron chi connectivity index (χ1n) is 7.15. The summed E-state index contributed by atoms with van der Waals surface area (Å²) in [4.78, 5) is 24.4. The van der Waals surface area contributed by atoms with Crippen molar-refractivity contribution >= 4 is 11.7 Å². The molecule has 2 aliphatic rings. The van der Waals surface area contributed by atoms with Crippen LogP contribution in [0.25, 0.3) is 0 Å². The number of ketones is 1. The van der Waals surface area contributed by atoms with Crippen molar-refractivity contribution in [1.29, 1.82) is 0 Å². The number of amides is 1. The lowest BCUT2D eigenvalue weighted by atomic mass is 10.1. The monoisotopic (exact) mass is 313 g/mol. The molecule has 4 rings (SSSR count). The number of carbonyl (C=O) groups is 2. The van der Waals surface area contributed by atoms with Crippen LogP contribution in [0.2, 0.25) is 0 Å². The number of Topliss-reactive ketones (excluding diaryl/α,β-unsaturated/α-hetero) is 1. The second kappa shape index (κ2) is 5.08. The maximum absolute atomic E-state index is 12.9. The summed E-state index contributed by atoms with van der Waals surface area (Å²) in [6.45, 7) is 0.124. The molecule has 5 nitrogen and oxygen atoms in total. The summed E-state index contributed by atoms with van der Waals surface area (Å²) in [5.41, 5.74) is 1.60. The number of ether oxygens (including phenoxy) is 2. The number of nitrogens with one attached hydrogen (secondary N) is 1. The van der Waals surface area contributed by atoms with Gasteiger partial charge in [0.25, 0.3) is 5.91 Å². The number of rotatable bonds is 2. The van der Waals surface area contributed by atoms with Crippen LogP contribution in [0.4, 0.5) is 4.39 Å². The van der Waals surface area contributed by atoms with Crippen molar-refractivity contribution in [2.24, 2.45) is 0 Å². The number of halogens is 1. The van der Waals surface area contributed by atoms with E-state index in [2.05, 4.69) is 5.32 Å². The highest BCUT2D eigenvalue weighted by atomic mass is 19.1. The summed E-state index contributed by atoms with van der Waals surface area (Å²) in [5, 5.41) is 2.81. The zero-order valence-corrected chi connectivity index (χ0v) is 12.0. The Balaban J connectivity index is 1.61. The van der Waals surface area contributed by atoms with E-state index in [4.69, 9.17) is 9.47 Å². The first kappa shape index (κ1) is 13.8. The molecule has 0 saturated heterocycles. The van der Waals surface area contributed by atoms with Gasteiger partial charge in [-0.05, 0) is 42.0 Å². The normalized spacial score (nSPS) is 18.0. The Hall–Kier alpha value is -2.89. The molecule has 1 amide bonds. The molecule has 0 radical (unpaired) electrons. The predicted octanol–water partition coefficient (Wildman–Crippen LogP) is 2.61. The van der Waals surface area contributed by atoms with E-state index in [0.717, 1.165) is 5.56 Å². The summed E-state index contributed by atoms with van der Waals surface area (Å²) in [6.07, 6.45) is 0.186. The first-order chi connectivity index (χ1) is 11.1. The van der Waals surface area contributed by atoms with E-state index in [-0.39, 0.29) is 24.9 Å². The topological polar surface area (TPSA) is 64.6 Å². The van der Waals surface area contributed by atoms with Gasteiger partial charge in [-0.3, -0.25) is 9.59 Å². The smallest absolute Gasteiger partial charge is 0.251 e. The van der Waals surface area contributed by atoms with Crippen LogP contribution in [0.15, 0.2) is 36.4 Å². The second-order valence-corrected chi connectivity index (χ2v) is 5.45. The minimum Gasteiger partial charge on any atom is -0.454 e. The molecule has 1 aliphatic carbocycles. The number of carbonyl (C=O) groups excluding carboxylic acids is 2. The molecular weight excluding hydrogens is 301 g/mol. The van der Waals surface area contributed by atoms with Gasteiger partial charge in [0.2, 0.25) is 6.79 Å². The molecule has 116 valence electrons.